The van der Waals surface area contributed by atoms with Crippen LogP contribution >= 0.6 is 11.8 Å². The summed E-state index contributed by atoms with van der Waals surface area (Å²) in [6.45, 7) is 0. The van der Waals surface area contributed by atoms with Crippen LogP contribution in [0.4, 0.5) is 0 Å². The summed E-state index contributed by atoms with van der Waals surface area (Å²) in [5.41, 5.74) is 1.72. The molecule has 1 aliphatic heterocycles. The highest BCUT2D eigenvalue weighted by atomic mass is 32.2. The molecule has 2 amide bonds. The standard InChI is InChI=1S/C18H21N3O2S/c1-19-9-8-13-14(4-3-5-15(13)19)17(22)21-11-24-10-16(21)18(23)20(2)12-6-7-12/h3-5,8-9,12,16H,6-7,10-11H2,1-2H3/t16-/m1/s1. The lowest BCUT2D eigenvalue weighted by molar-refractivity contribution is -0.134. The van der Waals surface area contributed by atoms with E-state index in [2.05, 4.69) is 0 Å². The Morgan fingerprint density at radius 3 is 2.79 bits per heavy atom. The third-order valence-corrected chi connectivity index (χ3v) is 6.04. The molecule has 0 N–H and O–H groups in total. The number of amides is 2. The van der Waals surface area contributed by atoms with Crippen LogP contribution in [0.15, 0.2) is 30.5 Å². The van der Waals surface area contributed by atoms with Crippen LogP contribution in [0.3, 0.4) is 0 Å². The number of likely N-dealkylation sites (N-methyl/N-ethyl adjacent to an activating group) is 1. The molecule has 126 valence electrons. The van der Waals surface area contributed by atoms with E-state index < -0.39 is 0 Å². The molecule has 0 spiro atoms. The number of thioether (sulfide) groups is 1. The van der Waals surface area contributed by atoms with Gasteiger partial charge in [-0.15, -0.1) is 11.8 Å². The highest BCUT2D eigenvalue weighted by Gasteiger charge is 2.40. The van der Waals surface area contributed by atoms with Gasteiger partial charge in [0.1, 0.15) is 6.04 Å². The van der Waals surface area contributed by atoms with Gasteiger partial charge in [0.05, 0.1) is 5.88 Å². The zero-order valence-corrected chi connectivity index (χ0v) is 14.8. The first-order valence-electron chi connectivity index (χ1n) is 8.27. The van der Waals surface area contributed by atoms with Crippen molar-refractivity contribution < 1.29 is 9.59 Å². The van der Waals surface area contributed by atoms with Crippen LogP contribution in [0, 0.1) is 0 Å². The smallest absolute Gasteiger partial charge is 0.255 e. The number of fused-ring (bicyclic) bond motifs is 1. The maximum absolute atomic E-state index is 13.1. The van der Waals surface area contributed by atoms with Crippen molar-refractivity contribution in [3.05, 3.63) is 36.0 Å². The molecular formula is C18H21N3O2S. The molecule has 5 nitrogen and oxygen atoms in total. The summed E-state index contributed by atoms with van der Waals surface area (Å²) < 4.78 is 2.01. The van der Waals surface area contributed by atoms with Crippen molar-refractivity contribution in [1.82, 2.24) is 14.4 Å². The molecule has 24 heavy (non-hydrogen) atoms. The molecule has 2 fully saturated rings. The molecule has 0 unspecified atom stereocenters. The van der Waals surface area contributed by atoms with Gasteiger partial charge < -0.3 is 14.4 Å². The second-order valence-electron chi connectivity index (χ2n) is 6.64. The fourth-order valence-electron chi connectivity index (χ4n) is 3.37. The first-order chi connectivity index (χ1) is 11.6. The summed E-state index contributed by atoms with van der Waals surface area (Å²) in [5, 5.41) is 0.948. The molecular weight excluding hydrogens is 322 g/mol. The summed E-state index contributed by atoms with van der Waals surface area (Å²) in [6, 6.07) is 7.78. The van der Waals surface area contributed by atoms with Crippen LogP contribution in [0.25, 0.3) is 10.9 Å². The largest absolute Gasteiger partial charge is 0.351 e. The Labute approximate surface area is 145 Å². The number of aromatic nitrogens is 1. The normalized spacial score (nSPS) is 20.6. The summed E-state index contributed by atoms with van der Waals surface area (Å²) in [5.74, 6) is 1.30. The van der Waals surface area contributed by atoms with Crippen molar-refractivity contribution in [1.29, 1.82) is 0 Å². The Balaban J connectivity index is 1.63. The number of aryl methyl sites for hydroxylation is 1. The Hall–Kier alpha value is -1.95. The van der Waals surface area contributed by atoms with Gasteiger partial charge in [0.15, 0.2) is 0 Å². The lowest BCUT2D eigenvalue weighted by atomic mass is 10.1. The van der Waals surface area contributed by atoms with E-state index in [1.165, 1.54) is 0 Å². The maximum atomic E-state index is 13.1. The molecule has 1 saturated carbocycles. The molecule has 6 heteroatoms. The van der Waals surface area contributed by atoms with E-state index in [4.69, 9.17) is 0 Å². The third kappa shape index (κ3) is 2.49. The van der Waals surface area contributed by atoms with E-state index in [1.807, 2.05) is 54.0 Å². The van der Waals surface area contributed by atoms with Crippen LogP contribution in [-0.4, -0.2) is 56.9 Å². The minimum absolute atomic E-state index is 0.0423. The van der Waals surface area contributed by atoms with Crippen LogP contribution in [-0.2, 0) is 11.8 Å². The van der Waals surface area contributed by atoms with Gasteiger partial charge in [-0.2, -0.15) is 0 Å². The SMILES string of the molecule is CN(C(=O)[C@H]1CSCN1C(=O)c1cccc2c1ccn2C)C1CC1. The van der Waals surface area contributed by atoms with Gasteiger partial charge >= 0.3 is 0 Å². The zero-order chi connectivity index (χ0) is 16.8. The molecule has 1 atom stereocenters. The molecule has 0 radical (unpaired) electrons. The van der Waals surface area contributed by atoms with Gasteiger partial charge in [0.2, 0.25) is 5.91 Å². The summed E-state index contributed by atoms with van der Waals surface area (Å²) in [4.78, 5) is 29.5. The van der Waals surface area contributed by atoms with Crippen molar-refractivity contribution in [3.63, 3.8) is 0 Å². The van der Waals surface area contributed by atoms with E-state index >= 15 is 0 Å². The fourth-order valence-corrected chi connectivity index (χ4v) is 4.51. The summed E-state index contributed by atoms with van der Waals surface area (Å²) >= 11 is 1.65. The lowest BCUT2D eigenvalue weighted by Crippen LogP contribution is -2.48. The predicted molar refractivity (Wildman–Crippen MR) is 96.0 cm³/mol. The van der Waals surface area contributed by atoms with Crippen molar-refractivity contribution >= 4 is 34.5 Å². The second-order valence-corrected chi connectivity index (χ2v) is 7.64. The number of rotatable bonds is 3. The molecule has 1 aromatic heterocycles. The summed E-state index contributed by atoms with van der Waals surface area (Å²) in [6.07, 6.45) is 4.13. The average molecular weight is 343 g/mol. The number of hydrogen-bond donors (Lipinski definition) is 0. The van der Waals surface area contributed by atoms with Crippen LogP contribution in [0.5, 0.6) is 0 Å². The first-order valence-corrected chi connectivity index (χ1v) is 9.43. The van der Waals surface area contributed by atoms with E-state index in [-0.39, 0.29) is 17.9 Å². The van der Waals surface area contributed by atoms with E-state index in [0.717, 1.165) is 23.7 Å². The summed E-state index contributed by atoms with van der Waals surface area (Å²) in [7, 11) is 3.84. The average Bonchev–Trinajstić information content (AvgIpc) is 3.21. The number of carbonyl (C=O) groups excluding carboxylic acids is 2. The third-order valence-electron chi connectivity index (χ3n) is 5.03. The van der Waals surface area contributed by atoms with Gasteiger partial charge in [-0.05, 0) is 31.0 Å². The van der Waals surface area contributed by atoms with Crippen LogP contribution < -0.4 is 0 Å². The quantitative estimate of drug-likeness (QED) is 0.859. The van der Waals surface area contributed by atoms with Crippen molar-refractivity contribution in [2.45, 2.75) is 24.9 Å². The topological polar surface area (TPSA) is 45.6 Å². The Morgan fingerprint density at radius 1 is 1.25 bits per heavy atom. The molecule has 1 saturated heterocycles. The number of hydrogen-bond acceptors (Lipinski definition) is 3. The van der Waals surface area contributed by atoms with E-state index in [1.54, 1.807) is 16.7 Å². The number of benzene rings is 1. The maximum Gasteiger partial charge on any atom is 0.255 e. The van der Waals surface area contributed by atoms with Gasteiger partial charge in [0, 0.05) is 48.6 Å². The lowest BCUT2D eigenvalue weighted by Gasteiger charge is -2.27. The van der Waals surface area contributed by atoms with E-state index in [0.29, 0.717) is 23.2 Å². The Bertz CT molecular complexity index is 812. The molecule has 1 aliphatic carbocycles. The minimum Gasteiger partial charge on any atom is -0.351 e. The van der Waals surface area contributed by atoms with Gasteiger partial charge in [-0.3, -0.25) is 9.59 Å². The van der Waals surface area contributed by atoms with E-state index in [9.17, 15) is 9.59 Å². The minimum atomic E-state index is -0.341. The van der Waals surface area contributed by atoms with Crippen molar-refractivity contribution in [2.75, 3.05) is 18.7 Å². The van der Waals surface area contributed by atoms with Crippen molar-refractivity contribution in [2.24, 2.45) is 7.05 Å². The Morgan fingerprint density at radius 2 is 2.04 bits per heavy atom. The highest BCUT2D eigenvalue weighted by molar-refractivity contribution is 7.99. The molecule has 2 aromatic rings. The fraction of sp³-hybridized carbons (Fsp3) is 0.444. The zero-order valence-electron chi connectivity index (χ0n) is 13.9. The molecule has 2 aliphatic rings. The van der Waals surface area contributed by atoms with Gasteiger partial charge in [0.25, 0.3) is 5.91 Å². The molecule has 2 heterocycles. The van der Waals surface area contributed by atoms with Gasteiger partial charge in [-0.25, -0.2) is 0 Å². The molecule has 1 aromatic carbocycles. The number of nitrogens with zero attached hydrogens (tertiary/aromatic N) is 3. The highest BCUT2D eigenvalue weighted by Crippen LogP contribution is 2.31. The monoisotopic (exact) mass is 343 g/mol. The predicted octanol–water partition coefficient (Wildman–Crippen LogP) is 2.31. The van der Waals surface area contributed by atoms with Crippen molar-refractivity contribution in [3.8, 4) is 0 Å². The molecule has 4 rings (SSSR count). The first kappa shape index (κ1) is 15.6. The number of carbonyl (C=O) groups is 2. The van der Waals surface area contributed by atoms with Crippen LogP contribution in [0.2, 0.25) is 0 Å². The Kier molecular flexibility index (Phi) is 3.79. The van der Waals surface area contributed by atoms with Gasteiger partial charge in [-0.1, -0.05) is 6.07 Å². The second kappa shape index (κ2) is 5.84. The molecule has 0 bridgehead atoms. The van der Waals surface area contributed by atoms with Crippen LogP contribution in [0.1, 0.15) is 23.2 Å².